The van der Waals surface area contributed by atoms with Gasteiger partial charge in [-0.25, -0.2) is 4.98 Å². The highest BCUT2D eigenvalue weighted by Crippen LogP contribution is 2.35. The van der Waals surface area contributed by atoms with Crippen molar-refractivity contribution in [3.8, 4) is 5.75 Å². The van der Waals surface area contributed by atoms with Gasteiger partial charge < -0.3 is 4.74 Å². The molecule has 0 radical (unpaired) electrons. The standard InChI is InChI=1S/C17H19NO2S/c1-17(2,3)15-10-21-16(18-15)8-13(19)12-9-20-14-7-5-4-6-11(12)14/h4-7,10,12H,8-9H2,1-3H3. The van der Waals surface area contributed by atoms with E-state index in [1.807, 2.05) is 24.3 Å². The Bertz CT molecular complexity index is 669. The van der Waals surface area contributed by atoms with Crippen LogP contribution in [0.3, 0.4) is 0 Å². The molecule has 0 bridgehead atoms. The number of fused-ring (bicyclic) bond motifs is 1. The molecule has 0 aliphatic carbocycles. The van der Waals surface area contributed by atoms with Gasteiger partial charge in [0, 0.05) is 16.4 Å². The van der Waals surface area contributed by atoms with Gasteiger partial charge in [0.1, 0.15) is 17.4 Å². The van der Waals surface area contributed by atoms with Crippen molar-refractivity contribution in [1.29, 1.82) is 0 Å². The van der Waals surface area contributed by atoms with Crippen molar-refractivity contribution in [2.45, 2.75) is 38.5 Å². The molecule has 1 atom stereocenters. The van der Waals surface area contributed by atoms with E-state index in [2.05, 4.69) is 31.1 Å². The van der Waals surface area contributed by atoms with Crippen LogP contribution in [0.4, 0.5) is 0 Å². The zero-order valence-corrected chi connectivity index (χ0v) is 13.4. The summed E-state index contributed by atoms with van der Waals surface area (Å²) in [4.78, 5) is 17.1. The summed E-state index contributed by atoms with van der Waals surface area (Å²) in [6.07, 6.45) is 0.392. The molecule has 0 saturated carbocycles. The Balaban J connectivity index is 1.75. The average Bonchev–Trinajstić information content (AvgIpc) is 3.03. The largest absolute Gasteiger partial charge is 0.492 e. The topological polar surface area (TPSA) is 39.2 Å². The Morgan fingerprint density at radius 3 is 2.86 bits per heavy atom. The fourth-order valence-electron chi connectivity index (χ4n) is 2.44. The summed E-state index contributed by atoms with van der Waals surface area (Å²) in [5, 5.41) is 2.95. The highest BCUT2D eigenvalue weighted by atomic mass is 32.1. The Hall–Kier alpha value is -1.68. The van der Waals surface area contributed by atoms with Gasteiger partial charge in [-0.1, -0.05) is 39.0 Å². The molecular formula is C17H19NO2S. The summed E-state index contributed by atoms with van der Waals surface area (Å²) in [6.45, 7) is 6.85. The summed E-state index contributed by atoms with van der Waals surface area (Å²) in [6, 6.07) is 7.79. The van der Waals surface area contributed by atoms with Crippen LogP contribution >= 0.6 is 11.3 Å². The number of hydrogen-bond donors (Lipinski definition) is 0. The second-order valence-electron chi connectivity index (χ2n) is 6.42. The molecule has 0 amide bonds. The molecule has 0 saturated heterocycles. The number of nitrogens with zero attached hydrogens (tertiary/aromatic N) is 1. The van der Waals surface area contributed by atoms with Gasteiger partial charge in [-0.15, -0.1) is 11.3 Å². The first-order chi connectivity index (χ1) is 9.95. The maximum absolute atomic E-state index is 12.5. The molecule has 0 N–H and O–H groups in total. The lowest BCUT2D eigenvalue weighted by atomic mass is 9.93. The van der Waals surface area contributed by atoms with E-state index in [1.54, 1.807) is 11.3 Å². The van der Waals surface area contributed by atoms with Crippen LogP contribution in [0.1, 0.15) is 43.0 Å². The molecule has 0 spiro atoms. The maximum Gasteiger partial charge on any atom is 0.150 e. The predicted molar refractivity (Wildman–Crippen MR) is 84.2 cm³/mol. The number of para-hydroxylation sites is 1. The van der Waals surface area contributed by atoms with Crippen molar-refractivity contribution in [1.82, 2.24) is 4.98 Å². The van der Waals surface area contributed by atoms with E-state index in [0.717, 1.165) is 22.0 Å². The van der Waals surface area contributed by atoms with Crippen LogP contribution < -0.4 is 4.74 Å². The fraction of sp³-hybridized carbons (Fsp3) is 0.412. The summed E-state index contributed by atoms with van der Waals surface area (Å²) < 4.78 is 5.59. The van der Waals surface area contributed by atoms with E-state index < -0.39 is 0 Å². The number of benzene rings is 1. The number of carbonyl (C=O) groups is 1. The van der Waals surface area contributed by atoms with Crippen molar-refractivity contribution in [2.75, 3.05) is 6.61 Å². The van der Waals surface area contributed by atoms with Gasteiger partial charge in [0.05, 0.1) is 18.0 Å². The van der Waals surface area contributed by atoms with Crippen molar-refractivity contribution >= 4 is 17.1 Å². The Morgan fingerprint density at radius 1 is 1.38 bits per heavy atom. The third kappa shape index (κ3) is 2.86. The molecular weight excluding hydrogens is 282 g/mol. The van der Waals surface area contributed by atoms with E-state index >= 15 is 0 Å². The smallest absolute Gasteiger partial charge is 0.150 e. The first-order valence-electron chi connectivity index (χ1n) is 7.14. The number of hydrogen-bond acceptors (Lipinski definition) is 4. The fourth-order valence-corrected chi connectivity index (χ4v) is 3.47. The molecule has 21 heavy (non-hydrogen) atoms. The second kappa shape index (κ2) is 5.26. The third-order valence-corrected chi connectivity index (χ3v) is 4.58. The highest BCUT2D eigenvalue weighted by molar-refractivity contribution is 7.09. The van der Waals surface area contributed by atoms with Gasteiger partial charge in [-0.2, -0.15) is 0 Å². The van der Waals surface area contributed by atoms with Gasteiger partial charge in [0.2, 0.25) is 0 Å². The van der Waals surface area contributed by atoms with Gasteiger partial charge in [-0.3, -0.25) is 4.79 Å². The molecule has 3 nitrogen and oxygen atoms in total. The van der Waals surface area contributed by atoms with Crippen LogP contribution in [-0.4, -0.2) is 17.4 Å². The summed E-state index contributed by atoms with van der Waals surface area (Å²) in [5.74, 6) is 0.878. The monoisotopic (exact) mass is 301 g/mol. The number of Topliss-reactive ketones (excluding diaryl/α,β-unsaturated/α-hetero) is 1. The first-order valence-corrected chi connectivity index (χ1v) is 8.02. The number of ether oxygens (including phenoxy) is 1. The van der Waals surface area contributed by atoms with Crippen molar-refractivity contribution in [3.63, 3.8) is 0 Å². The van der Waals surface area contributed by atoms with Gasteiger partial charge in [0.25, 0.3) is 0 Å². The van der Waals surface area contributed by atoms with Crippen LogP contribution in [0.15, 0.2) is 29.6 Å². The molecule has 110 valence electrons. The predicted octanol–water partition coefficient (Wildman–Crippen LogP) is 3.73. The molecule has 4 heteroatoms. The highest BCUT2D eigenvalue weighted by Gasteiger charge is 2.30. The lowest BCUT2D eigenvalue weighted by Gasteiger charge is -2.14. The SMILES string of the molecule is CC(C)(C)c1csc(CC(=O)C2COc3ccccc32)n1. The normalized spacial score (nSPS) is 17.4. The van der Waals surface area contributed by atoms with Crippen LogP contribution in [0, 0.1) is 0 Å². The van der Waals surface area contributed by atoms with E-state index in [4.69, 9.17) is 4.74 Å². The van der Waals surface area contributed by atoms with Gasteiger partial charge in [-0.05, 0) is 6.07 Å². The van der Waals surface area contributed by atoms with E-state index in [-0.39, 0.29) is 17.1 Å². The first kappa shape index (κ1) is 14.3. The molecule has 2 aromatic rings. The zero-order valence-electron chi connectivity index (χ0n) is 12.6. The minimum Gasteiger partial charge on any atom is -0.492 e. The number of aromatic nitrogens is 1. The third-order valence-electron chi connectivity index (χ3n) is 3.73. The number of thiazole rings is 1. The number of carbonyl (C=O) groups excluding carboxylic acids is 1. The molecule has 1 unspecified atom stereocenters. The molecule has 0 fully saturated rings. The summed E-state index contributed by atoms with van der Waals surface area (Å²) in [5.41, 5.74) is 2.09. The van der Waals surface area contributed by atoms with E-state index in [9.17, 15) is 4.79 Å². The molecule has 2 heterocycles. The van der Waals surface area contributed by atoms with Gasteiger partial charge >= 0.3 is 0 Å². The van der Waals surface area contributed by atoms with Crippen LogP contribution in [0.25, 0.3) is 0 Å². The zero-order chi connectivity index (χ0) is 15.0. The lowest BCUT2D eigenvalue weighted by Crippen LogP contribution is -2.17. The van der Waals surface area contributed by atoms with Crippen molar-refractivity contribution < 1.29 is 9.53 Å². The van der Waals surface area contributed by atoms with E-state index in [1.165, 1.54) is 0 Å². The summed E-state index contributed by atoms with van der Waals surface area (Å²) in [7, 11) is 0. The molecule has 1 aromatic heterocycles. The number of rotatable bonds is 3. The molecule has 1 aliphatic rings. The van der Waals surface area contributed by atoms with Crippen LogP contribution in [-0.2, 0) is 16.6 Å². The van der Waals surface area contributed by atoms with Crippen LogP contribution in [0.2, 0.25) is 0 Å². The molecule has 3 rings (SSSR count). The Labute approximate surface area is 129 Å². The minimum absolute atomic E-state index is 0.0286. The quantitative estimate of drug-likeness (QED) is 0.867. The average molecular weight is 301 g/mol. The summed E-state index contributed by atoms with van der Waals surface area (Å²) >= 11 is 1.57. The maximum atomic E-state index is 12.5. The Morgan fingerprint density at radius 2 is 2.14 bits per heavy atom. The minimum atomic E-state index is -0.150. The Kier molecular flexibility index (Phi) is 3.57. The number of ketones is 1. The van der Waals surface area contributed by atoms with Crippen LogP contribution in [0.5, 0.6) is 5.75 Å². The lowest BCUT2D eigenvalue weighted by molar-refractivity contribution is -0.120. The second-order valence-corrected chi connectivity index (χ2v) is 7.36. The van der Waals surface area contributed by atoms with Gasteiger partial charge in [0.15, 0.2) is 5.78 Å². The van der Waals surface area contributed by atoms with Crippen molar-refractivity contribution in [2.24, 2.45) is 0 Å². The molecule has 1 aliphatic heterocycles. The van der Waals surface area contributed by atoms with E-state index in [0.29, 0.717) is 13.0 Å². The molecule has 1 aromatic carbocycles. The van der Waals surface area contributed by atoms with Crippen molar-refractivity contribution in [3.05, 3.63) is 45.9 Å².